The van der Waals surface area contributed by atoms with Gasteiger partial charge in [-0.2, -0.15) is 0 Å². The van der Waals surface area contributed by atoms with Gasteiger partial charge in [-0.25, -0.2) is 4.39 Å². The number of aliphatic hydroxyl groups excluding tert-OH is 1. The number of carbonyl (C=O) groups excluding carboxylic acids is 1. The minimum Gasteiger partial charge on any atom is -0.394 e. The van der Waals surface area contributed by atoms with E-state index in [0.29, 0.717) is 31.8 Å². The number of nitrogens with one attached hydrogen (secondary N) is 1. The first kappa shape index (κ1) is 15.9. The molecule has 1 aliphatic rings. The predicted molar refractivity (Wildman–Crippen MR) is 77.5 cm³/mol. The van der Waals surface area contributed by atoms with Crippen LogP contribution < -0.4 is 5.32 Å². The van der Waals surface area contributed by atoms with Gasteiger partial charge in [-0.05, 0) is 25.1 Å². The van der Waals surface area contributed by atoms with Crippen molar-refractivity contribution in [2.45, 2.75) is 25.5 Å². The van der Waals surface area contributed by atoms with Crippen LogP contribution >= 0.6 is 0 Å². The van der Waals surface area contributed by atoms with Crippen LogP contribution in [0.4, 0.5) is 10.1 Å². The average molecular weight is 296 g/mol. The highest BCUT2D eigenvalue weighted by atomic mass is 19.1. The molecule has 0 radical (unpaired) electrons. The lowest BCUT2D eigenvalue weighted by atomic mass is 10.2. The highest BCUT2D eigenvalue weighted by Gasteiger charge is 2.25. The maximum atomic E-state index is 13.0. The van der Waals surface area contributed by atoms with E-state index >= 15 is 0 Å². The Labute approximate surface area is 123 Å². The number of benzene rings is 1. The lowest BCUT2D eigenvalue weighted by molar-refractivity contribution is -0.118. The second kappa shape index (κ2) is 7.49. The van der Waals surface area contributed by atoms with Gasteiger partial charge >= 0.3 is 0 Å². The lowest BCUT2D eigenvalue weighted by Crippen LogP contribution is -2.50. The first-order valence-corrected chi connectivity index (χ1v) is 7.10. The fourth-order valence-corrected chi connectivity index (χ4v) is 2.33. The molecule has 2 atom stereocenters. The molecule has 0 saturated carbocycles. The van der Waals surface area contributed by atoms with Gasteiger partial charge in [0, 0.05) is 31.2 Å². The summed E-state index contributed by atoms with van der Waals surface area (Å²) in [6, 6.07) is 6.05. The van der Waals surface area contributed by atoms with Gasteiger partial charge in [0.05, 0.1) is 19.3 Å². The minimum absolute atomic E-state index is 0.0152. The van der Waals surface area contributed by atoms with E-state index in [1.165, 1.54) is 12.1 Å². The van der Waals surface area contributed by atoms with Crippen LogP contribution in [0.5, 0.6) is 0 Å². The van der Waals surface area contributed by atoms with Crippen LogP contribution in [-0.4, -0.2) is 54.4 Å². The summed E-state index contributed by atoms with van der Waals surface area (Å²) >= 11 is 0. The zero-order valence-electron chi connectivity index (χ0n) is 12.1. The Morgan fingerprint density at radius 1 is 1.57 bits per heavy atom. The summed E-state index contributed by atoms with van der Waals surface area (Å²) < 4.78 is 18.5. The third-order valence-corrected chi connectivity index (χ3v) is 3.57. The number of halogens is 1. The quantitative estimate of drug-likeness (QED) is 0.858. The summed E-state index contributed by atoms with van der Waals surface area (Å²) in [5.41, 5.74) is 0.461. The number of rotatable bonds is 5. The fraction of sp³-hybridized carbons (Fsp3) is 0.533. The molecular weight excluding hydrogens is 275 g/mol. The average Bonchev–Trinajstić information content (AvgIpc) is 2.46. The summed E-state index contributed by atoms with van der Waals surface area (Å²) in [7, 11) is 0. The van der Waals surface area contributed by atoms with Gasteiger partial charge in [0.15, 0.2) is 0 Å². The molecule has 2 rings (SSSR count). The number of nitrogens with zero attached hydrogens (tertiary/aromatic N) is 1. The molecular formula is C15H21FN2O3. The van der Waals surface area contributed by atoms with E-state index in [-0.39, 0.29) is 30.5 Å². The molecule has 0 aromatic heterocycles. The molecule has 0 unspecified atom stereocenters. The molecule has 1 amide bonds. The maximum Gasteiger partial charge on any atom is 0.225 e. The van der Waals surface area contributed by atoms with Crippen molar-refractivity contribution in [3.05, 3.63) is 30.1 Å². The van der Waals surface area contributed by atoms with E-state index in [1.54, 1.807) is 12.1 Å². The van der Waals surface area contributed by atoms with Crippen LogP contribution in [0, 0.1) is 5.82 Å². The van der Waals surface area contributed by atoms with Crippen molar-refractivity contribution in [1.29, 1.82) is 0 Å². The van der Waals surface area contributed by atoms with Crippen molar-refractivity contribution >= 4 is 11.6 Å². The van der Waals surface area contributed by atoms with E-state index in [2.05, 4.69) is 10.2 Å². The number of hydrogen-bond donors (Lipinski definition) is 2. The third kappa shape index (κ3) is 4.77. The monoisotopic (exact) mass is 296 g/mol. The Morgan fingerprint density at radius 2 is 2.38 bits per heavy atom. The SMILES string of the molecule is C[C@@H]1CO[C@H](CO)CN1CCC(=O)Nc1cccc(F)c1. The first-order chi connectivity index (χ1) is 10.1. The van der Waals surface area contributed by atoms with E-state index in [1.807, 2.05) is 6.92 Å². The van der Waals surface area contributed by atoms with E-state index in [0.717, 1.165) is 0 Å². The molecule has 1 aromatic carbocycles. The fourth-order valence-electron chi connectivity index (χ4n) is 2.33. The first-order valence-electron chi connectivity index (χ1n) is 7.10. The van der Waals surface area contributed by atoms with Gasteiger partial charge in [0.1, 0.15) is 5.82 Å². The molecule has 116 valence electrons. The molecule has 1 fully saturated rings. The number of aliphatic hydroxyl groups is 1. The van der Waals surface area contributed by atoms with Gasteiger partial charge in [-0.3, -0.25) is 9.69 Å². The number of amides is 1. The van der Waals surface area contributed by atoms with Gasteiger partial charge < -0.3 is 15.2 Å². The lowest BCUT2D eigenvalue weighted by Gasteiger charge is -2.37. The molecule has 5 nitrogen and oxygen atoms in total. The molecule has 21 heavy (non-hydrogen) atoms. The Bertz CT molecular complexity index is 484. The largest absolute Gasteiger partial charge is 0.394 e. The van der Waals surface area contributed by atoms with Crippen LogP contribution in [-0.2, 0) is 9.53 Å². The van der Waals surface area contributed by atoms with Crippen molar-refractivity contribution in [3.63, 3.8) is 0 Å². The summed E-state index contributed by atoms with van der Waals surface area (Å²) in [5.74, 6) is -0.528. The topological polar surface area (TPSA) is 61.8 Å². The molecule has 1 aliphatic heterocycles. The number of anilines is 1. The van der Waals surface area contributed by atoms with Crippen molar-refractivity contribution in [3.8, 4) is 0 Å². The molecule has 6 heteroatoms. The number of carbonyl (C=O) groups is 1. The van der Waals surface area contributed by atoms with Crippen LogP contribution in [0.25, 0.3) is 0 Å². The van der Waals surface area contributed by atoms with E-state index in [4.69, 9.17) is 9.84 Å². The van der Waals surface area contributed by atoms with Gasteiger partial charge in [0.2, 0.25) is 5.91 Å². The van der Waals surface area contributed by atoms with Crippen molar-refractivity contribution in [2.24, 2.45) is 0 Å². The molecule has 1 aromatic rings. The predicted octanol–water partition coefficient (Wildman–Crippen LogP) is 1.24. The molecule has 0 bridgehead atoms. The van der Waals surface area contributed by atoms with Crippen molar-refractivity contribution < 1.29 is 19.0 Å². The number of hydrogen-bond acceptors (Lipinski definition) is 4. The smallest absolute Gasteiger partial charge is 0.225 e. The molecule has 2 N–H and O–H groups in total. The Kier molecular flexibility index (Phi) is 5.67. The van der Waals surface area contributed by atoms with Crippen LogP contribution in [0.2, 0.25) is 0 Å². The van der Waals surface area contributed by atoms with Crippen molar-refractivity contribution in [1.82, 2.24) is 4.90 Å². The number of morpholine rings is 1. The zero-order valence-corrected chi connectivity index (χ0v) is 12.1. The Balaban J connectivity index is 1.80. The van der Waals surface area contributed by atoms with Crippen LogP contribution in [0.1, 0.15) is 13.3 Å². The zero-order chi connectivity index (χ0) is 15.2. The summed E-state index contributed by atoms with van der Waals surface area (Å²) in [6.45, 7) is 3.76. The second-order valence-corrected chi connectivity index (χ2v) is 5.29. The summed E-state index contributed by atoms with van der Waals surface area (Å²) in [6.07, 6.45) is 0.131. The summed E-state index contributed by atoms with van der Waals surface area (Å²) in [5, 5.41) is 11.8. The number of ether oxygens (including phenoxy) is 1. The second-order valence-electron chi connectivity index (χ2n) is 5.29. The van der Waals surface area contributed by atoms with Crippen LogP contribution in [0.3, 0.4) is 0 Å². The molecule has 0 spiro atoms. The van der Waals surface area contributed by atoms with Crippen LogP contribution in [0.15, 0.2) is 24.3 Å². The normalized spacial score (nSPS) is 23.0. The highest BCUT2D eigenvalue weighted by Crippen LogP contribution is 2.13. The Morgan fingerprint density at radius 3 is 3.10 bits per heavy atom. The molecule has 0 aliphatic carbocycles. The standard InChI is InChI=1S/C15H21FN2O3/c1-11-10-21-14(9-19)8-18(11)6-5-15(20)17-13-4-2-3-12(16)7-13/h2-4,7,11,14,19H,5-6,8-10H2,1H3,(H,17,20)/t11-,14+/m1/s1. The van der Waals surface area contributed by atoms with E-state index < -0.39 is 0 Å². The van der Waals surface area contributed by atoms with Gasteiger partial charge in [0.25, 0.3) is 0 Å². The third-order valence-electron chi connectivity index (χ3n) is 3.57. The molecule has 1 heterocycles. The summed E-state index contributed by atoms with van der Waals surface area (Å²) in [4.78, 5) is 14.0. The highest BCUT2D eigenvalue weighted by molar-refractivity contribution is 5.90. The van der Waals surface area contributed by atoms with Gasteiger partial charge in [-0.1, -0.05) is 6.07 Å². The minimum atomic E-state index is -0.375. The molecule has 1 saturated heterocycles. The van der Waals surface area contributed by atoms with Crippen molar-refractivity contribution in [2.75, 3.05) is 31.6 Å². The van der Waals surface area contributed by atoms with E-state index in [9.17, 15) is 9.18 Å². The van der Waals surface area contributed by atoms with Gasteiger partial charge in [-0.15, -0.1) is 0 Å². The maximum absolute atomic E-state index is 13.0. The Hall–Kier alpha value is -1.50.